The van der Waals surface area contributed by atoms with E-state index in [2.05, 4.69) is 4.90 Å². The SMILES string of the molecule is [2H]C1([2H])C(=O)NC(=O)C(N2Cc3c(OCc4cccc(CN5CC(C)(C)OC(C)(C)C5)c4F)cccc3C2=O)C1([2H])[2H]. The van der Waals surface area contributed by atoms with E-state index in [4.69, 9.17) is 15.0 Å². The van der Waals surface area contributed by atoms with Gasteiger partial charge in [-0.05, 0) is 46.2 Å². The molecule has 3 aliphatic heterocycles. The number of morpholine rings is 1. The minimum absolute atomic E-state index is 0.147. The highest BCUT2D eigenvalue weighted by Gasteiger charge is 2.40. The number of ether oxygens (including phenoxy) is 2. The molecule has 8 nitrogen and oxygen atoms in total. The first-order valence-electron chi connectivity index (χ1n) is 14.5. The van der Waals surface area contributed by atoms with Crippen molar-refractivity contribution in [3.05, 3.63) is 64.5 Å². The molecule has 0 aliphatic carbocycles. The predicted octanol–water partition coefficient (Wildman–Crippen LogP) is 3.56. The van der Waals surface area contributed by atoms with Crippen LogP contribution in [0.1, 0.15) is 73.0 Å². The lowest BCUT2D eigenvalue weighted by Gasteiger charge is -2.47. The average Bonchev–Trinajstić information content (AvgIpc) is 3.18. The van der Waals surface area contributed by atoms with Crippen molar-refractivity contribution < 1.29 is 33.7 Å². The Labute approximate surface area is 227 Å². The number of carbonyl (C=O) groups is 3. The van der Waals surface area contributed by atoms with Crippen molar-refractivity contribution in [2.45, 2.75) is 77.4 Å². The Morgan fingerprint density at radius 2 is 1.76 bits per heavy atom. The molecule has 2 fully saturated rings. The van der Waals surface area contributed by atoms with Crippen LogP contribution in [0.3, 0.4) is 0 Å². The number of hydrogen-bond donors (Lipinski definition) is 1. The largest absolute Gasteiger partial charge is 0.488 e. The van der Waals surface area contributed by atoms with Gasteiger partial charge in [0.05, 0.1) is 17.7 Å². The molecule has 1 atom stereocenters. The summed E-state index contributed by atoms with van der Waals surface area (Å²) in [6.07, 6.45) is -6.03. The molecule has 0 bridgehead atoms. The van der Waals surface area contributed by atoms with E-state index in [9.17, 15) is 14.4 Å². The van der Waals surface area contributed by atoms with Crippen LogP contribution in [-0.2, 0) is 34.0 Å². The van der Waals surface area contributed by atoms with E-state index in [-0.39, 0.29) is 35.7 Å². The Balaban J connectivity index is 1.34. The van der Waals surface area contributed by atoms with Crippen molar-refractivity contribution in [2.75, 3.05) is 13.1 Å². The Kier molecular flexibility index (Phi) is 5.56. The van der Waals surface area contributed by atoms with Gasteiger partial charge in [-0.15, -0.1) is 0 Å². The summed E-state index contributed by atoms with van der Waals surface area (Å²) in [4.78, 5) is 41.0. The summed E-state index contributed by atoms with van der Waals surface area (Å²) in [5.74, 6) is -3.35. The van der Waals surface area contributed by atoms with E-state index in [1.807, 2.05) is 33.0 Å². The summed E-state index contributed by atoms with van der Waals surface area (Å²) >= 11 is 0. The highest BCUT2D eigenvalue weighted by molar-refractivity contribution is 6.05. The number of piperidine rings is 1. The van der Waals surface area contributed by atoms with Crippen LogP contribution in [0, 0.1) is 5.82 Å². The highest BCUT2D eigenvalue weighted by atomic mass is 19.1. The van der Waals surface area contributed by atoms with Gasteiger partial charge in [0.25, 0.3) is 5.91 Å². The van der Waals surface area contributed by atoms with E-state index >= 15 is 4.39 Å². The number of imide groups is 1. The molecule has 38 heavy (non-hydrogen) atoms. The monoisotopic (exact) mass is 527 g/mol. The first kappa shape index (κ1) is 21.6. The molecule has 5 rings (SSSR count). The number of halogens is 1. The summed E-state index contributed by atoms with van der Waals surface area (Å²) in [7, 11) is 0. The lowest BCUT2D eigenvalue weighted by molar-refractivity contribution is -0.182. The quantitative estimate of drug-likeness (QED) is 0.578. The second-order valence-electron chi connectivity index (χ2n) is 11.2. The molecule has 202 valence electrons. The molecule has 0 aromatic heterocycles. The molecule has 2 aromatic carbocycles. The summed E-state index contributed by atoms with van der Waals surface area (Å²) in [5, 5.41) is 1.84. The molecule has 9 heteroatoms. The third kappa shape index (κ3) is 5.31. The van der Waals surface area contributed by atoms with Crippen LogP contribution in [-0.4, -0.2) is 57.9 Å². The van der Waals surface area contributed by atoms with Crippen LogP contribution in [0.4, 0.5) is 4.39 Å². The van der Waals surface area contributed by atoms with E-state index in [1.165, 1.54) is 6.07 Å². The maximum Gasteiger partial charge on any atom is 0.255 e. The van der Waals surface area contributed by atoms with Crippen LogP contribution < -0.4 is 10.1 Å². The van der Waals surface area contributed by atoms with E-state index in [0.717, 1.165) is 4.90 Å². The van der Waals surface area contributed by atoms with Crippen molar-refractivity contribution in [3.63, 3.8) is 0 Å². The number of rotatable bonds is 6. The van der Waals surface area contributed by atoms with Gasteiger partial charge in [-0.25, -0.2) is 4.39 Å². The summed E-state index contributed by atoms with van der Waals surface area (Å²) in [6.45, 7) is 9.32. The third-order valence-corrected chi connectivity index (χ3v) is 6.77. The minimum atomic E-state index is -3.05. The molecule has 2 saturated heterocycles. The molecule has 3 heterocycles. The van der Waals surface area contributed by atoms with Crippen molar-refractivity contribution in [1.29, 1.82) is 0 Å². The molecular weight excluding hydrogens is 489 g/mol. The molecule has 3 aliphatic rings. The van der Waals surface area contributed by atoms with E-state index in [0.29, 0.717) is 36.3 Å². The Morgan fingerprint density at radius 1 is 1.08 bits per heavy atom. The summed E-state index contributed by atoms with van der Waals surface area (Å²) in [5.41, 5.74) is 0.576. The number of nitrogens with one attached hydrogen (secondary N) is 1. The molecule has 3 amide bonds. The van der Waals surface area contributed by atoms with E-state index < -0.39 is 42.3 Å². The number of nitrogens with zero attached hydrogens (tertiary/aromatic N) is 2. The maximum absolute atomic E-state index is 15.6. The van der Waals surface area contributed by atoms with Gasteiger partial charge in [0.15, 0.2) is 0 Å². The molecular formula is C29H34FN3O5. The van der Waals surface area contributed by atoms with Crippen molar-refractivity contribution in [3.8, 4) is 5.75 Å². The zero-order chi connectivity index (χ0) is 30.8. The standard InChI is InChI=1S/C29H34FN3O5/c1-28(2)16-32(17-29(3,4)38-28)13-18-7-5-8-19(25(18)30)15-37-23-10-6-9-20-21(23)14-33(27(20)36)22-11-12-24(34)31-26(22)35/h5-10,22H,11-17H2,1-4H3,(H,31,34,35)/i11D2,12D2. The fourth-order valence-electron chi connectivity index (χ4n) is 5.62. The normalized spacial score (nSPS) is 27.0. The number of fused-ring (bicyclic) bond motifs is 1. The molecule has 0 saturated carbocycles. The van der Waals surface area contributed by atoms with Crippen molar-refractivity contribution >= 4 is 17.7 Å². The number of amides is 3. The van der Waals surface area contributed by atoms with Crippen molar-refractivity contribution in [1.82, 2.24) is 15.1 Å². The van der Waals surface area contributed by atoms with Crippen LogP contribution in [0.15, 0.2) is 36.4 Å². The number of hydrogen-bond acceptors (Lipinski definition) is 6. The predicted molar refractivity (Wildman–Crippen MR) is 138 cm³/mol. The fraction of sp³-hybridized carbons (Fsp3) is 0.483. The first-order chi connectivity index (χ1) is 19.4. The zero-order valence-corrected chi connectivity index (χ0v) is 21.9. The zero-order valence-electron chi connectivity index (χ0n) is 25.9. The van der Waals surface area contributed by atoms with E-state index in [1.54, 1.807) is 30.3 Å². The van der Waals surface area contributed by atoms with Crippen LogP contribution >= 0.6 is 0 Å². The highest BCUT2D eigenvalue weighted by Crippen LogP contribution is 2.34. The summed E-state index contributed by atoms with van der Waals surface area (Å²) in [6, 6.07) is 7.86. The fourth-order valence-corrected chi connectivity index (χ4v) is 5.62. The Bertz CT molecular complexity index is 1450. The molecule has 1 N–H and O–H groups in total. The van der Waals surface area contributed by atoms with Gasteiger partial charge in [-0.2, -0.15) is 0 Å². The third-order valence-electron chi connectivity index (χ3n) is 6.77. The van der Waals surface area contributed by atoms with Gasteiger partial charge >= 0.3 is 0 Å². The first-order valence-corrected chi connectivity index (χ1v) is 12.5. The van der Waals surface area contributed by atoms with Gasteiger partial charge in [0, 0.05) is 53.7 Å². The molecule has 1 unspecified atom stereocenters. The Hall–Kier alpha value is -3.30. The number of carbonyl (C=O) groups excluding carboxylic acids is 3. The molecule has 2 aromatic rings. The van der Waals surface area contributed by atoms with Crippen molar-refractivity contribution in [2.24, 2.45) is 0 Å². The molecule has 0 radical (unpaired) electrons. The van der Waals surface area contributed by atoms with Crippen LogP contribution in [0.2, 0.25) is 0 Å². The average molecular weight is 528 g/mol. The van der Waals surface area contributed by atoms with Crippen LogP contribution in [0.25, 0.3) is 0 Å². The summed E-state index contributed by atoms with van der Waals surface area (Å²) < 4.78 is 60.1. The Morgan fingerprint density at radius 3 is 2.50 bits per heavy atom. The lowest BCUT2D eigenvalue weighted by atomic mass is 9.98. The van der Waals surface area contributed by atoms with Gasteiger partial charge in [-0.1, -0.05) is 24.3 Å². The smallest absolute Gasteiger partial charge is 0.255 e. The minimum Gasteiger partial charge on any atom is -0.488 e. The van der Waals surface area contributed by atoms with Crippen LogP contribution in [0.5, 0.6) is 5.75 Å². The van der Waals surface area contributed by atoms with Gasteiger partial charge < -0.3 is 14.4 Å². The van der Waals surface area contributed by atoms with Gasteiger partial charge in [0.1, 0.15) is 24.2 Å². The lowest BCUT2D eigenvalue weighted by Crippen LogP contribution is -2.56. The topological polar surface area (TPSA) is 88.2 Å². The van der Waals surface area contributed by atoms with Gasteiger partial charge in [-0.3, -0.25) is 24.6 Å². The second kappa shape index (κ2) is 9.78. The molecule has 0 spiro atoms. The van der Waals surface area contributed by atoms with Gasteiger partial charge in [0.2, 0.25) is 11.8 Å². The maximum atomic E-state index is 15.6. The second-order valence-corrected chi connectivity index (χ2v) is 11.2. The number of benzene rings is 2.